The van der Waals surface area contributed by atoms with Crippen LogP contribution >= 0.6 is 11.6 Å². The van der Waals surface area contributed by atoms with Crippen molar-refractivity contribution in [3.63, 3.8) is 0 Å². The molecule has 3 aromatic heterocycles. The molecule has 0 aromatic carbocycles. The van der Waals surface area contributed by atoms with Gasteiger partial charge in [-0.05, 0) is 42.5 Å². The van der Waals surface area contributed by atoms with E-state index in [1.54, 1.807) is 36.1 Å². The van der Waals surface area contributed by atoms with E-state index in [9.17, 15) is 4.79 Å². The lowest BCUT2D eigenvalue weighted by molar-refractivity contribution is 0.462. The van der Waals surface area contributed by atoms with Gasteiger partial charge in [-0.3, -0.25) is 4.79 Å². The van der Waals surface area contributed by atoms with Crippen LogP contribution < -0.4 is 16.2 Å². The second-order valence-electron chi connectivity index (χ2n) is 7.02. The summed E-state index contributed by atoms with van der Waals surface area (Å²) in [7, 11) is 1.76. The minimum absolute atomic E-state index is 0.0502. The molecule has 0 amide bonds. The third-order valence-corrected chi connectivity index (χ3v) is 5.22. The van der Waals surface area contributed by atoms with Crippen molar-refractivity contribution in [2.75, 3.05) is 10.6 Å². The summed E-state index contributed by atoms with van der Waals surface area (Å²) < 4.78 is 1.59. The number of nitrogens with zero attached hydrogens (tertiary/aromatic N) is 3. The summed E-state index contributed by atoms with van der Waals surface area (Å²) in [5.74, 6) is 1.87. The molecule has 7 heteroatoms. The molecule has 3 aromatic rings. The molecule has 0 radical (unpaired) electrons. The molecule has 2 N–H and O–H groups in total. The van der Waals surface area contributed by atoms with Crippen molar-refractivity contribution in [3.05, 3.63) is 52.0 Å². The number of aryl methyl sites for hydroxylation is 1. The highest BCUT2D eigenvalue weighted by atomic mass is 35.5. The Bertz CT molecular complexity index is 1030. The SMILES string of the molecule is Cn1ccc2cc(Nc3cc(Cl)ccn3)nc(NC3CCCCC3)c2c1=O. The van der Waals surface area contributed by atoms with Crippen molar-refractivity contribution in [2.24, 2.45) is 7.05 Å². The first kappa shape index (κ1) is 17.8. The first-order valence-corrected chi connectivity index (χ1v) is 9.63. The average molecular weight is 384 g/mol. The molecule has 0 aliphatic heterocycles. The standard InChI is InChI=1S/C20H22ClN5O/c1-26-10-8-13-11-17(24-16-12-14(21)7-9-22-16)25-19(18(13)20(26)27)23-15-5-3-2-4-6-15/h7-12,15H,2-6H2,1H3,(H2,22,23,24,25). The smallest absolute Gasteiger partial charge is 0.261 e. The third kappa shape index (κ3) is 3.90. The van der Waals surface area contributed by atoms with Crippen molar-refractivity contribution in [1.82, 2.24) is 14.5 Å². The molecule has 140 valence electrons. The van der Waals surface area contributed by atoms with Crippen LogP contribution in [0.4, 0.5) is 17.5 Å². The van der Waals surface area contributed by atoms with Gasteiger partial charge in [0.2, 0.25) is 0 Å². The van der Waals surface area contributed by atoms with E-state index in [0.29, 0.717) is 33.9 Å². The Morgan fingerprint density at radius 2 is 1.96 bits per heavy atom. The number of nitrogens with one attached hydrogen (secondary N) is 2. The first-order valence-electron chi connectivity index (χ1n) is 9.26. The van der Waals surface area contributed by atoms with E-state index < -0.39 is 0 Å². The highest BCUT2D eigenvalue weighted by molar-refractivity contribution is 6.30. The zero-order valence-corrected chi connectivity index (χ0v) is 16.0. The van der Waals surface area contributed by atoms with E-state index in [0.717, 1.165) is 18.2 Å². The fourth-order valence-corrected chi connectivity index (χ4v) is 3.73. The molecule has 4 rings (SSSR count). The number of halogens is 1. The second kappa shape index (κ2) is 7.56. The Hall–Kier alpha value is -2.60. The van der Waals surface area contributed by atoms with Gasteiger partial charge in [-0.1, -0.05) is 30.9 Å². The maximum Gasteiger partial charge on any atom is 0.261 e. The Labute approximate surface area is 162 Å². The van der Waals surface area contributed by atoms with Crippen LogP contribution in [-0.2, 0) is 7.05 Å². The summed E-state index contributed by atoms with van der Waals surface area (Å²) in [5.41, 5.74) is -0.0502. The molecular formula is C20H22ClN5O. The van der Waals surface area contributed by atoms with Crippen LogP contribution in [0.3, 0.4) is 0 Å². The van der Waals surface area contributed by atoms with Crippen LogP contribution in [0.2, 0.25) is 5.02 Å². The lowest BCUT2D eigenvalue weighted by Crippen LogP contribution is -2.25. The van der Waals surface area contributed by atoms with Gasteiger partial charge < -0.3 is 15.2 Å². The lowest BCUT2D eigenvalue weighted by atomic mass is 9.95. The molecule has 3 heterocycles. The quantitative estimate of drug-likeness (QED) is 0.695. The zero-order valence-electron chi connectivity index (χ0n) is 15.2. The Balaban J connectivity index is 1.76. The summed E-state index contributed by atoms with van der Waals surface area (Å²) >= 11 is 6.05. The number of fused-ring (bicyclic) bond motifs is 1. The third-order valence-electron chi connectivity index (χ3n) is 4.99. The van der Waals surface area contributed by atoms with E-state index >= 15 is 0 Å². The van der Waals surface area contributed by atoms with Gasteiger partial charge in [0, 0.05) is 30.5 Å². The lowest BCUT2D eigenvalue weighted by Gasteiger charge is -2.24. The van der Waals surface area contributed by atoms with Crippen molar-refractivity contribution < 1.29 is 0 Å². The molecular weight excluding hydrogens is 362 g/mol. The van der Waals surface area contributed by atoms with Gasteiger partial charge in [0.25, 0.3) is 5.56 Å². The van der Waals surface area contributed by atoms with Crippen LogP contribution in [0.25, 0.3) is 10.8 Å². The minimum Gasteiger partial charge on any atom is -0.367 e. The summed E-state index contributed by atoms with van der Waals surface area (Å²) in [5, 5.41) is 8.78. The largest absolute Gasteiger partial charge is 0.367 e. The van der Waals surface area contributed by atoms with Crippen molar-refractivity contribution in [3.8, 4) is 0 Å². The number of hydrogen-bond donors (Lipinski definition) is 2. The molecule has 1 aliphatic rings. The van der Waals surface area contributed by atoms with Crippen molar-refractivity contribution in [2.45, 2.75) is 38.1 Å². The number of aromatic nitrogens is 3. The molecule has 6 nitrogen and oxygen atoms in total. The first-order chi connectivity index (χ1) is 13.1. The van der Waals surface area contributed by atoms with Crippen molar-refractivity contribution >= 4 is 39.8 Å². The maximum atomic E-state index is 12.7. The van der Waals surface area contributed by atoms with E-state index in [1.807, 2.05) is 12.1 Å². The zero-order chi connectivity index (χ0) is 18.8. The molecule has 0 spiro atoms. The molecule has 0 atom stereocenters. The predicted molar refractivity (Wildman–Crippen MR) is 110 cm³/mol. The van der Waals surface area contributed by atoms with Crippen molar-refractivity contribution in [1.29, 1.82) is 0 Å². The fourth-order valence-electron chi connectivity index (χ4n) is 3.57. The van der Waals surface area contributed by atoms with Gasteiger partial charge in [0.05, 0.1) is 5.39 Å². The molecule has 0 bridgehead atoms. The number of hydrogen-bond acceptors (Lipinski definition) is 5. The summed E-state index contributed by atoms with van der Waals surface area (Å²) in [6.45, 7) is 0. The number of pyridine rings is 3. The highest BCUT2D eigenvalue weighted by Crippen LogP contribution is 2.27. The van der Waals surface area contributed by atoms with Gasteiger partial charge in [0.1, 0.15) is 17.5 Å². The molecule has 0 unspecified atom stereocenters. The molecule has 1 aliphatic carbocycles. The van der Waals surface area contributed by atoms with Crippen LogP contribution in [0.1, 0.15) is 32.1 Å². The van der Waals surface area contributed by atoms with Gasteiger partial charge in [-0.25, -0.2) is 9.97 Å². The average Bonchev–Trinajstić information content (AvgIpc) is 2.65. The van der Waals surface area contributed by atoms with Gasteiger partial charge in [0.15, 0.2) is 0 Å². The Kier molecular flexibility index (Phi) is 4.99. The molecule has 27 heavy (non-hydrogen) atoms. The Morgan fingerprint density at radius 1 is 1.15 bits per heavy atom. The summed E-state index contributed by atoms with van der Waals surface area (Å²) in [6, 6.07) is 7.61. The maximum absolute atomic E-state index is 12.7. The number of anilines is 3. The van der Waals surface area contributed by atoms with E-state index in [4.69, 9.17) is 16.6 Å². The van der Waals surface area contributed by atoms with Crippen LogP contribution in [-0.4, -0.2) is 20.6 Å². The highest BCUT2D eigenvalue weighted by Gasteiger charge is 2.17. The predicted octanol–water partition coefficient (Wildman–Crippen LogP) is 4.47. The molecule has 1 fully saturated rings. The van der Waals surface area contributed by atoms with E-state index in [1.165, 1.54) is 19.3 Å². The second-order valence-corrected chi connectivity index (χ2v) is 7.45. The summed E-state index contributed by atoms with van der Waals surface area (Å²) in [6.07, 6.45) is 9.30. The van der Waals surface area contributed by atoms with Gasteiger partial charge in [-0.15, -0.1) is 0 Å². The molecule has 1 saturated carbocycles. The number of rotatable bonds is 4. The normalized spacial score (nSPS) is 15.0. The minimum atomic E-state index is -0.0502. The molecule has 0 saturated heterocycles. The van der Waals surface area contributed by atoms with E-state index in [2.05, 4.69) is 15.6 Å². The van der Waals surface area contributed by atoms with Gasteiger partial charge >= 0.3 is 0 Å². The van der Waals surface area contributed by atoms with Gasteiger partial charge in [-0.2, -0.15) is 0 Å². The monoisotopic (exact) mass is 383 g/mol. The summed E-state index contributed by atoms with van der Waals surface area (Å²) in [4.78, 5) is 21.7. The van der Waals surface area contributed by atoms with Crippen LogP contribution in [0.15, 0.2) is 41.5 Å². The topological polar surface area (TPSA) is 71.8 Å². The van der Waals surface area contributed by atoms with Crippen LogP contribution in [0.5, 0.6) is 0 Å². The fraction of sp³-hybridized carbons (Fsp3) is 0.350. The van der Waals surface area contributed by atoms with Crippen LogP contribution in [0, 0.1) is 0 Å². The van der Waals surface area contributed by atoms with E-state index in [-0.39, 0.29) is 5.56 Å². The Morgan fingerprint density at radius 3 is 2.74 bits per heavy atom.